The summed E-state index contributed by atoms with van der Waals surface area (Å²) in [6, 6.07) is 1.53. The van der Waals surface area contributed by atoms with Gasteiger partial charge in [-0.15, -0.1) is 0 Å². The number of carboxylic acid groups (broad SMARTS) is 1. The van der Waals surface area contributed by atoms with Gasteiger partial charge < -0.3 is 20.2 Å². The Balaban J connectivity index is 2.11. The number of carbonyl (C=O) groups is 3. The second-order valence-corrected chi connectivity index (χ2v) is 4.40. The molecule has 0 saturated heterocycles. The van der Waals surface area contributed by atoms with Gasteiger partial charge in [0.2, 0.25) is 5.91 Å². The van der Waals surface area contributed by atoms with Crippen molar-refractivity contribution in [1.82, 2.24) is 10.6 Å². The van der Waals surface area contributed by atoms with Crippen LogP contribution in [0.25, 0.3) is 0 Å². The Labute approximate surface area is 116 Å². The van der Waals surface area contributed by atoms with E-state index in [0.29, 0.717) is 18.5 Å². The summed E-state index contributed by atoms with van der Waals surface area (Å²) in [7, 11) is 0. The third kappa shape index (κ3) is 5.55. The van der Waals surface area contributed by atoms with Gasteiger partial charge in [0.15, 0.2) is 0 Å². The van der Waals surface area contributed by atoms with E-state index in [-0.39, 0.29) is 24.8 Å². The number of carbonyl (C=O) groups excluding carboxylic acids is 2. The second kappa shape index (κ2) is 7.98. The van der Waals surface area contributed by atoms with Crippen LogP contribution >= 0.6 is 0 Å². The molecule has 0 aliphatic carbocycles. The zero-order valence-electron chi connectivity index (χ0n) is 11.2. The number of furan rings is 1. The lowest BCUT2D eigenvalue weighted by Crippen LogP contribution is -2.31. The van der Waals surface area contributed by atoms with Crippen LogP contribution in [0.1, 0.15) is 30.1 Å². The lowest BCUT2D eigenvalue weighted by atomic mass is 10.1. The van der Waals surface area contributed by atoms with Crippen LogP contribution < -0.4 is 10.6 Å². The average molecular weight is 282 g/mol. The highest BCUT2D eigenvalue weighted by molar-refractivity contribution is 5.94. The van der Waals surface area contributed by atoms with Crippen molar-refractivity contribution in [2.75, 3.05) is 13.1 Å². The van der Waals surface area contributed by atoms with E-state index < -0.39 is 11.9 Å². The molecule has 7 nitrogen and oxygen atoms in total. The van der Waals surface area contributed by atoms with E-state index in [1.807, 2.05) is 0 Å². The number of nitrogens with one attached hydrogen (secondary N) is 2. The van der Waals surface area contributed by atoms with Gasteiger partial charge in [0.25, 0.3) is 5.91 Å². The van der Waals surface area contributed by atoms with Gasteiger partial charge in [0, 0.05) is 19.5 Å². The van der Waals surface area contributed by atoms with Crippen molar-refractivity contribution in [3.05, 3.63) is 24.2 Å². The van der Waals surface area contributed by atoms with Crippen LogP contribution in [0.15, 0.2) is 23.0 Å². The SMILES string of the molecule is CC(CCNC(=O)CCNC(=O)c1ccoc1)C(=O)O. The van der Waals surface area contributed by atoms with Crippen molar-refractivity contribution in [2.24, 2.45) is 5.92 Å². The first-order chi connectivity index (χ1) is 9.50. The maximum absolute atomic E-state index is 11.5. The van der Waals surface area contributed by atoms with Crippen LogP contribution in [-0.2, 0) is 9.59 Å². The molecule has 110 valence electrons. The molecule has 0 aliphatic heterocycles. The van der Waals surface area contributed by atoms with E-state index in [2.05, 4.69) is 10.6 Å². The number of amides is 2. The summed E-state index contributed by atoms with van der Waals surface area (Å²) in [5.74, 6) is -1.90. The molecule has 1 aromatic heterocycles. The Morgan fingerprint density at radius 3 is 2.65 bits per heavy atom. The third-order valence-electron chi connectivity index (χ3n) is 2.74. The molecule has 7 heteroatoms. The minimum absolute atomic E-state index is 0.144. The maximum atomic E-state index is 11.5. The predicted octanol–water partition coefficient (Wildman–Crippen LogP) is 0.626. The standard InChI is InChI=1S/C13H18N2O5/c1-9(13(18)19)2-5-14-11(16)3-6-15-12(17)10-4-7-20-8-10/h4,7-9H,2-3,5-6H2,1H3,(H,14,16)(H,15,17)(H,18,19). The van der Waals surface area contributed by atoms with Crippen LogP contribution in [0.4, 0.5) is 0 Å². The molecule has 0 aliphatic rings. The molecule has 0 fully saturated rings. The van der Waals surface area contributed by atoms with E-state index in [0.717, 1.165) is 0 Å². The van der Waals surface area contributed by atoms with Gasteiger partial charge in [-0.2, -0.15) is 0 Å². The van der Waals surface area contributed by atoms with E-state index in [9.17, 15) is 14.4 Å². The van der Waals surface area contributed by atoms with Crippen molar-refractivity contribution in [2.45, 2.75) is 19.8 Å². The summed E-state index contributed by atoms with van der Waals surface area (Å²) in [6.07, 6.45) is 3.24. The minimum atomic E-state index is -0.883. The number of rotatable bonds is 8. The van der Waals surface area contributed by atoms with Gasteiger partial charge in [-0.25, -0.2) is 0 Å². The first kappa shape index (κ1) is 15.7. The second-order valence-electron chi connectivity index (χ2n) is 4.40. The molecule has 3 N–H and O–H groups in total. The van der Waals surface area contributed by atoms with Crippen LogP contribution in [0.3, 0.4) is 0 Å². The molecule has 1 rings (SSSR count). The first-order valence-corrected chi connectivity index (χ1v) is 6.30. The normalized spacial score (nSPS) is 11.7. The van der Waals surface area contributed by atoms with Gasteiger partial charge in [0.05, 0.1) is 17.7 Å². The van der Waals surface area contributed by atoms with Gasteiger partial charge >= 0.3 is 5.97 Å². The number of hydrogen-bond acceptors (Lipinski definition) is 4. The lowest BCUT2D eigenvalue weighted by molar-refractivity contribution is -0.141. The quantitative estimate of drug-likeness (QED) is 0.648. The molecule has 1 heterocycles. The van der Waals surface area contributed by atoms with E-state index in [1.165, 1.54) is 18.6 Å². The van der Waals surface area contributed by atoms with Gasteiger partial charge in [-0.3, -0.25) is 14.4 Å². The van der Waals surface area contributed by atoms with Crippen LogP contribution in [0.5, 0.6) is 0 Å². The highest BCUT2D eigenvalue weighted by atomic mass is 16.4. The van der Waals surface area contributed by atoms with E-state index in [4.69, 9.17) is 9.52 Å². The Bertz CT molecular complexity index is 455. The Morgan fingerprint density at radius 2 is 2.05 bits per heavy atom. The monoisotopic (exact) mass is 282 g/mol. The fourth-order valence-corrected chi connectivity index (χ4v) is 1.43. The molecule has 20 heavy (non-hydrogen) atoms. The topological polar surface area (TPSA) is 109 Å². The van der Waals surface area contributed by atoms with Crippen molar-refractivity contribution >= 4 is 17.8 Å². The highest BCUT2D eigenvalue weighted by Crippen LogP contribution is 2.00. The Morgan fingerprint density at radius 1 is 1.30 bits per heavy atom. The maximum Gasteiger partial charge on any atom is 0.306 e. The zero-order valence-corrected chi connectivity index (χ0v) is 11.2. The Kier molecular flexibility index (Phi) is 6.28. The third-order valence-corrected chi connectivity index (χ3v) is 2.74. The summed E-state index contributed by atoms with van der Waals surface area (Å²) in [5, 5.41) is 13.9. The first-order valence-electron chi connectivity index (χ1n) is 6.30. The molecular weight excluding hydrogens is 264 g/mol. The smallest absolute Gasteiger partial charge is 0.306 e. The average Bonchev–Trinajstić information content (AvgIpc) is 2.92. The van der Waals surface area contributed by atoms with E-state index in [1.54, 1.807) is 6.92 Å². The minimum Gasteiger partial charge on any atom is -0.481 e. The molecule has 0 saturated carbocycles. The van der Waals surface area contributed by atoms with Crippen molar-refractivity contribution in [3.8, 4) is 0 Å². The largest absolute Gasteiger partial charge is 0.481 e. The molecule has 0 spiro atoms. The highest BCUT2D eigenvalue weighted by Gasteiger charge is 2.11. The molecule has 1 unspecified atom stereocenters. The number of carboxylic acids is 1. The summed E-state index contributed by atoms with van der Waals surface area (Å²) in [6.45, 7) is 2.10. The lowest BCUT2D eigenvalue weighted by Gasteiger charge is -2.08. The zero-order chi connectivity index (χ0) is 15.0. The molecular formula is C13H18N2O5. The molecule has 0 bridgehead atoms. The summed E-state index contributed by atoms with van der Waals surface area (Å²) in [4.78, 5) is 33.5. The van der Waals surface area contributed by atoms with Gasteiger partial charge in [-0.05, 0) is 12.5 Å². The van der Waals surface area contributed by atoms with Gasteiger partial charge in [-0.1, -0.05) is 6.92 Å². The van der Waals surface area contributed by atoms with Gasteiger partial charge in [0.1, 0.15) is 6.26 Å². The molecule has 0 radical (unpaired) electrons. The van der Waals surface area contributed by atoms with Crippen LogP contribution in [-0.4, -0.2) is 36.0 Å². The number of aliphatic carboxylic acids is 1. The number of hydrogen-bond donors (Lipinski definition) is 3. The molecule has 2 amide bonds. The Hall–Kier alpha value is -2.31. The summed E-state index contributed by atoms with van der Waals surface area (Å²) in [5.41, 5.74) is 0.403. The fourth-order valence-electron chi connectivity index (χ4n) is 1.43. The van der Waals surface area contributed by atoms with Crippen LogP contribution in [0.2, 0.25) is 0 Å². The fraction of sp³-hybridized carbons (Fsp3) is 0.462. The van der Waals surface area contributed by atoms with Crippen molar-refractivity contribution in [3.63, 3.8) is 0 Å². The van der Waals surface area contributed by atoms with E-state index >= 15 is 0 Å². The summed E-state index contributed by atoms with van der Waals surface area (Å²) < 4.78 is 4.77. The summed E-state index contributed by atoms with van der Waals surface area (Å²) >= 11 is 0. The van der Waals surface area contributed by atoms with Crippen molar-refractivity contribution in [1.29, 1.82) is 0 Å². The predicted molar refractivity (Wildman–Crippen MR) is 70.1 cm³/mol. The van der Waals surface area contributed by atoms with Crippen molar-refractivity contribution < 1.29 is 23.9 Å². The molecule has 1 atom stereocenters. The van der Waals surface area contributed by atoms with Crippen LogP contribution in [0, 0.1) is 5.92 Å². The molecule has 1 aromatic rings. The molecule has 0 aromatic carbocycles.